The SMILES string of the molecule is C=C(C)[C@H]1C[C@H]2O[C@]2(C)[C@@H](O)CCC2=C[C@H]1OC2=O. The molecule has 1 saturated heterocycles. The molecule has 1 N–H and O–H groups in total. The Morgan fingerprint density at radius 3 is 3.00 bits per heavy atom. The number of ether oxygens (including phenoxy) is 2. The van der Waals surface area contributed by atoms with E-state index in [2.05, 4.69) is 6.58 Å². The van der Waals surface area contributed by atoms with Gasteiger partial charge in [-0.2, -0.15) is 0 Å². The Kier molecular flexibility index (Phi) is 2.84. The molecule has 0 spiro atoms. The zero-order chi connectivity index (χ0) is 13.8. The Morgan fingerprint density at radius 1 is 1.58 bits per heavy atom. The highest BCUT2D eigenvalue weighted by Gasteiger charge is 2.58. The van der Waals surface area contributed by atoms with E-state index in [-0.39, 0.29) is 24.1 Å². The Labute approximate surface area is 113 Å². The topological polar surface area (TPSA) is 59.1 Å². The molecule has 0 aromatic carbocycles. The van der Waals surface area contributed by atoms with Crippen LogP contribution in [0.3, 0.4) is 0 Å². The molecule has 3 rings (SSSR count). The fraction of sp³-hybridized carbons (Fsp3) is 0.667. The van der Waals surface area contributed by atoms with Crippen molar-refractivity contribution in [3.05, 3.63) is 23.8 Å². The Hall–Kier alpha value is -1.13. The molecule has 0 aromatic heterocycles. The molecule has 2 heterocycles. The summed E-state index contributed by atoms with van der Waals surface area (Å²) >= 11 is 0. The van der Waals surface area contributed by atoms with Crippen molar-refractivity contribution in [3.63, 3.8) is 0 Å². The number of rotatable bonds is 1. The summed E-state index contributed by atoms with van der Waals surface area (Å²) in [4.78, 5) is 11.8. The largest absolute Gasteiger partial charge is 0.454 e. The van der Waals surface area contributed by atoms with Gasteiger partial charge in [0.2, 0.25) is 0 Å². The average molecular weight is 264 g/mol. The summed E-state index contributed by atoms with van der Waals surface area (Å²) in [6.07, 6.45) is 3.00. The van der Waals surface area contributed by atoms with E-state index in [9.17, 15) is 9.90 Å². The van der Waals surface area contributed by atoms with E-state index in [4.69, 9.17) is 9.47 Å². The van der Waals surface area contributed by atoms with Crippen LogP contribution >= 0.6 is 0 Å². The van der Waals surface area contributed by atoms with Crippen molar-refractivity contribution in [3.8, 4) is 0 Å². The van der Waals surface area contributed by atoms with Crippen LogP contribution in [0.1, 0.15) is 33.1 Å². The van der Waals surface area contributed by atoms with Gasteiger partial charge in [0.15, 0.2) is 0 Å². The quantitative estimate of drug-likeness (QED) is 0.445. The average Bonchev–Trinajstić information content (AvgIpc) is 2.87. The summed E-state index contributed by atoms with van der Waals surface area (Å²) in [5.74, 6) is -0.177. The second-order valence-electron chi connectivity index (χ2n) is 6.10. The summed E-state index contributed by atoms with van der Waals surface area (Å²) < 4.78 is 11.1. The number of aliphatic hydroxyl groups is 1. The molecular formula is C15H20O4. The highest BCUT2D eigenvalue weighted by atomic mass is 16.6. The number of hydrogen-bond donors (Lipinski definition) is 1. The number of hydrogen-bond acceptors (Lipinski definition) is 4. The fourth-order valence-corrected chi connectivity index (χ4v) is 3.16. The monoisotopic (exact) mass is 264 g/mol. The van der Waals surface area contributed by atoms with Crippen molar-refractivity contribution in [2.24, 2.45) is 5.92 Å². The normalized spacial score (nSPS) is 45.0. The van der Waals surface area contributed by atoms with Gasteiger partial charge in [-0.3, -0.25) is 0 Å². The van der Waals surface area contributed by atoms with Gasteiger partial charge in [-0.25, -0.2) is 4.79 Å². The second kappa shape index (κ2) is 4.18. The number of carbonyl (C=O) groups excluding carboxylic acids is 1. The third kappa shape index (κ3) is 2.03. The van der Waals surface area contributed by atoms with Crippen LogP contribution in [-0.4, -0.2) is 35.0 Å². The highest BCUT2D eigenvalue weighted by molar-refractivity contribution is 5.91. The van der Waals surface area contributed by atoms with Gasteiger partial charge in [0.25, 0.3) is 0 Å². The molecule has 0 saturated carbocycles. The van der Waals surface area contributed by atoms with Crippen LogP contribution in [-0.2, 0) is 14.3 Å². The predicted molar refractivity (Wildman–Crippen MR) is 69.4 cm³/mol. The van der Waals surface area contributed by atoms with Gasteiger partial charge in [0.1, 0.15) is 11.7 Å². The smallest absolute Gasteiger partial charge is 0.334 e. The van der Waals surface area contributed by atoms with E-state index >= 15 is 0 Å². The Bertz CT molecular complexity index is 467. The van der Waals surface area contributed by atoms with Crippen LogP contribution in [0.2, 0.25) is 0 Å². The van der Waals surface area contributed by atoms with Crippen LogP contribution in [0, 0.1) is 5.92 Å². The number of carbonyl (C=O) groups is 1. The molecule has 0 unspecified atom stereocenters. The lowest BCUT2D eigenvalue weighted by molar-refractivity contribution is -0.141. The van der Waals surface area contributed by atoms with Crippen molar-refractivity contribution < 1.29 is 19.4 Å². The molecule has 4 nitrogen and oxygen atoms in total. The zero-order valence-electron chi connectivity index (χ0n) is 11.4. The molecule has 0 radical (unpaired) electrons. The number of esters is 1. The maximum Gasteiger partial charge on any atom is 0.334 e. The maximum absolute atomic E-state index is 11.8. The fourth-order valence-electron chi connectivity index (χ4n) is 3.16. The number of aliphatic hydroxyl groups excluding tert-OH is 1. The molecule has 5 atom stereocenters. The van der Waals surface area contributed by atoms with Gasteiger partial charge in [-0.05, 0) is 39.2 Å². The summed E-state index contributed by atoms with van der Waals surface area (Å²) in [6.45, 7) is 7.90. The predicted octanol–water partition coefficient (Wildman–Crippen LogP) is 1.73. The summed E-state index contributed by atoms with van der Waals surface area (Å²) in [5.41, 5.74) is 1.20. The summed E-state index contributed by atoms with van der Waals surface area (Å²) in [5, 5.41) is 10.2. The lowest BCUT2D eigenvalue weighted by Gasteiger charge is -2.22. The van der Waals surface area contributed by atoms with Gasteiger partial charge < -0.3 is 14.6 Å². The number of epoxide rings is 1. The van der Waals surface area contributed by atoms with E-state index < -0.39 is 11.7 Å². The van der Waals surface area contributed by atoms with Crippen LogP contribution in [0.4, 0.5) is 0 Å². The molecule has 4 heteroatoms. The van der Waals surface area contributed by atoms with E-state index in [0.29, 0.717) is 18.4 Å². The molecule has 1 fully saturated rings. The third-order valence-electron chi connectivity index (χ3n) is 4.70. The molecule has 104 valence electrons. The lowest BCUT2D eigenvalue weighted by Crippen LogP contribution is -2.31. The van der Waals surface area contributed by atoms with Crippen LogP contribution < -0.4 is 0 Å². The van der Waals surface area contributed by atoms with E-state index in [1.165, 1.54) is 0 Å². The molecule has 2 bridgehead atoms. The Morgan fingerprint density at radius 2 is 2.32 bits per heavy atom. The molecule has 0 aromatic rings. The van der Waals surface area contributed by atoms with Gasteiger partial charge in [0, 0.05) is 11.5 Å². The first-order valence-corrected chi connectivity index (χ1v) is 6.85. The van der Waals surface area contributed by atoms with E-state index in [1.807, 2.05) is 19.9 Å². The van der Waals surface area contributed by atoms with Crippen molar-refractivity contribution in [2.45, 2.75) is 57.0 Å². The molecule has 19 heavy (non-hydrogen) atoms. The molecule has 2 aliphatic heterocycles. The van der Waals surface area contributed by atoms with Gasteiger partial charge >= 0.3 is 5.97 Å². The first-order chi connectivity index (χ1) is 8.91. The Balaban J connectivity index is 1.90. The van der Waals surface area contributed by atoms with Crippen LogP contribution in [0.25, 0.3) is 0 Å². The van der Waals surface area contributed by atoms with E-state index in [0.717, 1.165) is 12.0 Å². The van der Waals surface area contributed by atoms with Crippen LogP contribution in [0.15, 0.2) is 23.8 Å². The summed E-state index contributed by atoms with van der Waals surface area (Å²) in [7, 11) is 0. The van der Waals surface area contributed by atoms with Gasteiger partial charge in [0.05, 0.1) is 12.2 Å². The van der Waals surface area contributed by atoms with Crippen LogP contribution in [0.5, 0.6) is 0 Å². The maximum atomic E-state index is 11.8. The van der Waals surface area contributed by atoms with E-state index in [1.54, 1.807) is 0 Å². The zero-order valence-corrected chi connectivity index (χ0v) is 11.4. The first-order valence-electron chi connectivity index (χ1n) is 6.85. The molecule has 0 amide bonds. The molecule has 1 aliphatic carbocycles. The van der Waals surface area contributed by atoms with Crippen molar-refractivity contribution >= 4 is 5.97 Å². The standard InChI is InChI=1S/C15H20O4/c1-8(2)10-7-13-15(3,19-13)12(16)5-4-9-6-11(10)18-14(9)17/h6,10-13,16H,1,4-5,7H2,2-3H3/t10-,11-,12+,13-,15-/m1/s1. The minimum Gasteiger partial charge on any atom is -0.454 e. The van der Waals surface area contributed by atoms with Crippen molar-refractivity contribution in [1.82, 2.24) is 0 Å². The molecule has 3 aliphatic rings. The first kappa shape index (κ1) is 12.9. The summed E-state index contributed by atoms with van der Waals surface area (Å²) in [6, 6.07) is 0. The van der Waals surface area contributed by atoms with Gasteiger partial charge in [-0.1, -0.05) is 12.2 Å². The number of fused-ring (bicyclic) bond motifs is 2. The minimum absolute atomic E-state index is 0.0263. The van der Waals surface area contributed by atoms with Gasteiger partial charge in [-0.15, -0.1) is 0 Å². The molecular weight excluding hydrogens is 244 g/mol. The minimum atomic E-state index is -0.533. The lowest BCUT2D eigenvalue weighted by atomic mass is 9.84. The van der Waals surface area contributed by atoms with Crippen molar-refractivity contribution in [1.29, 1.82) is 0 Å². The highest BCUT2D eigenvalue weighted by Crippen LogP contribution is 2.47. The van der Waals surface area contributed by atoms with Crippen molar-refractivity contribution in [2.75, 3.05) is 0 Å². The third-order valence-corrected chi connectivity index (χ3v) is 4.70. The second-order valence-corrected chi connectivity index (χ2v) is 6.10.